The van der Waals surface area contributed by atoms with Crippen molar-refractivity contribution in [2.45, 2.75) is 32.6 Å². The van der Waals surface area contributed by atoms with Gasteiger partial charge in [0.15, 0.2) is 0 Å². The fourth-order valence-electron chi connectivity index (χ4n) is 2.56. The highest BCUT2D eigenvalue weighted by Gasteiger charge is 2.13. The minimum absolute atomic E-state index is 0.413. The first-order valence-electron chi connectivity index (χ1n) is 7.10. The Morgan fingerprint density at radius 3 is 2.32 bits per heavy atom. The van der Waals surface area contributed by atoms with Gasteiger partial charge >= 0.3 is 0 Å². The average molecular weight is 253 g/mol. The van der Waals surface area contributed by atoms with Crippen LogP contribution in [0, 0.1) is 6.92 Å². The van der Waals surface area contributed by atoms with E-state index in [1.165, 1.54) is 22.3 Å². The fraction of sp³-hybridized carbons (Fsp3) is 0.333. The van der Waals surface area contributed by atoms with Crippen molar-refractivity contribution in [2.24, 2.45) is 5.73 Å². The summed E-state index contributed by atoms with van der Waals surface area (Å²) in [5, 5.41) is 0. The van der Waals surface area contributed by atoms with Crippen LogP contribution in [0.15, 0.2) is 48.5 Å². The first-order chi connectivity index (χ1) is 9.24. The lowest BCUT2D eigenvalue weighted by molar-refractivity contribution is 0.725. The molecule has 2 aromatic rings. The molecule has 0 fully saturated rings. The van der Waals surface area contributed by atoms with E-state index in [1.807, 2.05) is 0 Å². The maximum atomic E-state index is 5.80. The lowest BCUT2D eigenvalue weighted by Gasteiger charge is -2.18. The van der Waals surface area contributed by atoms with E-state index < -0.39 is 0 Å². The Morgan fingerprint density at radius 1 is 1.00 bits per heavy atom. The second kappa shape index (κ2) is 6.53. The molecule has 1 unspecified atom stereocenters. The van der Waals surface area contributed by atoms with Crippen LogP contribution in [-0.4, -0.2) is 6.54 Å². The summed E-state index contributed by atoms with van der Waals surface area (Å²) < 4.78 is 0. The SMILES string of the molecule is CCc1ccc(C(CCN)c2cccc(C)c2)cc1. The zero-order chi connectivity index (χ0) is 13.7. The molecule has 0 amide bonds. The van der Waals surface area contributed by atoms with Gasteiger partial charge in [-0.25, -0.2) is 0 Å². The molecule has 2 N–H and O–H groups in total. The summed E-state index contributed by atoms with van der Waals surface area (Å²) in [6.07, 6.45) is 2.08. The molecule has 0 radical (unpaired) electrons. The molecule has 2 rings (SSSR count). The summed E-state index contributed by atoms with van der Waals surface area (Å²) in [5.74, 6) is 0.413. The van der Waals surface area contributed by atoms with Gasteiger partial charge in [-0.2, -0.15) is 0 Å². The second-order valence-corrected chi connectivity index (χ2v) is 5.14. The number of hydrogen-bond donors (Lipinski definition) is 1. The summed E-state index contributed by atoms with van der Waals surface area (Å²) in [4.78, 5) is 0. The van der Waals surface area contributed by atoms with Gasteiger partial charge in [0.05, 0.1) is 0 Å². The van der Waals surface area contributed by atoms with Crippen molar-refractivity contribution < 1.29 is 0 Å². The molecule has 0 spiro atoms. The summed E-state index contributed by atoms with van der Waals surface area (Å²) in [7, 11) is 0. The summed E-state index contributed by atoms with van der Waals surface area (Å²) >= 11 is 0. The molecule has 0 aliphatic rings. The number of rotatable bonds is 5. The molecule has 0 bridgehead atoms. The summed E-state index contributed by atoms with van der Waals surface area (Å²) in [5.41, 5.74) is 11.2. The smallest absolute Gasteiger partial charge is 0.0101 e. The zero-order valence-electron chi connectivity index (χ0n) is 11.9. The van der Waals surface area contributed by atoms with Gasteiger partial charge in [-0.3, -0.25) is 0 Å². The summed E-state index contributed by atoms with van der Waals surface area (Å²) in [6.45, 7) is 5.05. The summed E-state index contributed by atoms with van der Waals surface area (Å²) in [6, 6.07) is 17.7. The molecule has 100 valence electrons. The molecule has 0 saturated heterocycles. The molecule has 0 aliphatic heterocycles. The maximum Gasteiger partial charge on any atom is 0.0101 e. The number of benzene rings is 2. The highest BCUT2D eigenvalue weighted by molar-refractivity contribution is 5.36. The van der Waals surface area contributed by atoms with Gasteiger partial charge in [0, 0.05) is 5.92 Å². The highest BCUT2D eigenvalue weighted by Crippen LogP contribution is 2.28. The van der Waals surface area contributed by atoms with Crippen LogP contribution in [0.3, 0.4) is 0 Å². The first-order valence-corrected chi connectivity index (χ1v) is 7.10. The minimum atomic E-state index is 0.413. The van der Waals surface area contributed by atoms with E-state index in [1.54, 1.807) is 0 Å². The van der Waals surface area contributed by atoms with Crippen LogP contribution in [-0.2, 0) is 6.42 Å². The largest absolute Gasteiger partial charge is 0.330 e. The number of nitrogens with two attached hydrogens (primary N) is 1. The Kier molecular flexibility index (Phi) is 4.75. The van der Waals surface area contributed by atoms with Crippen LogP contribution >= 0.6 is 0 Å². The lowest BCUT2D eigenvalue weighted by Crippen LogP contribution is -2.09. The van der Waals surface area contributed by atoms with Crippen LogP contribution in [0.1, 0.15) is 41.5 Å². The third-order valence-corrected chi connectivity index (χ3v) is 3.69. The maximum absolute atomic E-state index is 5.80. The minimum Gasteiger partial charge on any atom is -0.330 e. The average Bonchev–Trinajstić information content (AvgIpc) is 2.45. The molecule has 1 atom stereocenters. The van der Waals surface area contributed by atoms with Crippen molar-refractivity contribution >= 4 is 0 Å². The van der Waals surface area contributed by atoms with Gasteiger partial charge in [0.1, 0.15) is 0 Å². The molecule has 19 heavy (non-hydrogen) atoms. The van der Waals surface area contributed by atoms with E-state index >= 15 is 0 Å². The standard InChI is InChI=1S/C18H23N/c1-3-15-7-9-16(10-8-15)18(11-12-19)17-6-4-5-14(2)13-17/h4-10,13,18H,3,11-12,19H2,1-2H3. The second-order valence-electron chi connectivity index (χ2n) is 5.14. The van der Waals surface area contributed by atoms with Gasteiger partial charge < -0.3 is 5.73 Å². The molecule has 0 aliphatic carbocycles. The monoisotopic (exact) mass is 253 g/mol. The van der Waals surface area contributed by atoms with Crippen LogP contribution < -0.4 is 5.73 Å². The Labute approximate surface area is 116 Å². The number of hydrogen-bond acceptors (Lipinski definition) is 1. The van der Waals surface area contributed by atoms with Crippen LogP contribution in [0.25, 0.3) is 0 Å². The van der Waals surface area contributed by atoms with Crippen molar-refractivity contribution in [2.75, 3.05) is 6.54 Å². The molecule has 1 nitrogen and oxygen atoms in total. The molecule has 0 aromatic heterocycles. The molecule has 2 aromatic carbocycles. The quantitative estimate of drug-likeness (QED) is 0.855. The van der Waals surface area contributed by atoms with E-state index in [9.17, 15) is 0 Å². The third-order valence-electron chi connectivity index (χ3n) is 3.69. The van der Waals surface area contributed by atoms with E-state index in [4.69, 9.17) is 5.73 Å². The van der Waals surface area contributed by atoms with Gasteiger partial charge in [-0.15, -0.1) is 0 Å². The molecular formula is C18H23N. The lowest BCUT2D eigenvalue weighted by atomic mass is 9.87. The van der Waals surface area contributed by atoms with Crippen LogP contribution in [0.4, 0.5) is 0 Å². The van der Waals surface area contributed by atoms with Crippen molar-refractivity contribution in [1.29, 1.82) is 0 Å². The van der Waals surface area contributed by atoms with Gasteiger partial charge in [-0.05, 0) is 43.0 Å². The first kappa shape index (κ1) is 13.8. The topological polar surface area (TPSA) is 26.0 Å². The van der Waals surface area contributed by atoms with Crippen LogP contribution in [0.2, 0.25) is 0 Å². The highest BCUT2D eigenvalue weighted by atomic mass is 14.5. The molecule has 1 heteroatoms. The zero-order valence-corrected chi connectivity index (χ0v) is 11.9. The van der Waals surface area contributed by atoms with Crippen molar-refractivity contribution in [1.82, 2.24) is 0 Å². The van der Waals surface area contributed by atoms with Gasteiger partial charge in [0.25, 0.3) is 0 Å². The predicted molar refractivity (Wildman–Crippen MR) is 82.5 cm³/mol. The Balaban J connectivity index is 2.33. The van der Waals surface area contributed by atoms with E-state index in [0.717, 1.165) is 12.8 Å². The van der Waals surface area contributed by atoms with Crippen molar-refractivity contribution in [3.8, 4) is 0 Å². The van der Waals surface area contributed by atoms with Gasteiger partial charge in [-0.1, -0.05) is 61.0 Å². The Morgan fingerprint density at radius 2 is 1.74 bits per heavy atom. The van der Waals surface area contributed by atoms with E-state index in [2.05, 4.69) is 62.4 Å². The molecule has 0 saturated carbocycles. The Hall–Kier alpha value is -1.60. The normalized spacial score (nSPS) is 12.4. The Bertz CT molecular complexity index is 513. The number of aryl methyl sites for hydroxylation is 2. The van der Waals surface area contributed by atoms with Crippen molar-refractivity contribution in [3.63, 3.8) is 0 Å². The third kappa shape index (κ3) is 3.45. The van der Waals surface area contributed by atoms with Gasteiger partial charge in [0.2, 0.25) is 0 Å². The predicted octanol–water partition coefficient (Wildman–Crippen LogP) is 4.04. The van der Waals surface area contributed by atoms with E-state index in [-0.39, 0.29) is 0 Å². The van der Waals surface area contributed by atoms with Crippen molar-refractivity contribution in [3.05, 3.63) is 70.8 Å². The molecular weight excluding hydrogens is 230 g/mol. The van der Waals surface area contributed by atoms with Crippen LogP contribution in [0.5, 0.6) is 0 Å². The van der Waals surface area contributed by atoms with E-state index in [0.29, 0.717) is 12.5 Å². The molecule has 0 heterocycles. The fourth-order valence-corrected chi connectivity index (χ4v) is 2.56.